The smallest absolute Gasteiger partial charge is 0.338 e. The fourth-order valence-electron chi connectivity index (χ4n) is 2.57. The van der Waals surface area contributed by atoms with E-state index in [0.717, 1.165) is 43.4 Å². The van der Waals surface area contributed by atoms with Gasteiger partial charge in [-0.05, 0) is 65.9 Å². The highest BCUT2D eigenvalue weighted by molar-refractivity contribution is 7.99. The molecular formula is C13H13N5O2S. The van der Waals surface area contributed by atoms with Crippen molar-refractivity contribution in [3.05, 3.63) is 22.9 Å². The van der Waals surface area contributed by atoms with Crippen molar-refractivity contribution in [2.75, 3.05) is 0 Å². The van der Waals surface area contributed by atoms with Crippen LogP contribution < -0.4 is 0 Å². The zero-order valence-corrected chi connectivity index (χ0v) is 12.0. The summed E-state index contributed by atoms with van der Waals surface area (Å²) in [6.07, 6.45) is 5.00. The average molecular weight is 303 g/mol. The minimum Gasteiger partial charge on any atom is -0.478 e. The van der Waals surface area contributed by atoms with Crippen molar-refractivity contribution in [1.29, 1.82) is 0 Å². The van der Waals surface area contributed by atoms with E-state index in [1.165, 1.54) is 11.8 Å². The number of rotatable bonds is 4. The molecule has 7 nitrogen and oxygen atoms in total. The van der Waals surface area contributed by atoms with E-state index in [1.807, 2.05) is 0 Å². The Morgan fingerprint density at radius 2 is 2.24 bits per heavy atom. The molecule has 0 radical (unpaired) electrons. The molecule has 0 bridgehead atoms. The van der Waals surface area contributed by atoms with Gasteiger partial charge in [-0.3, -0.25) is 0 Å². The lowest BCUT2D eigenvalue weighted by atomic mass is 10.1. The first-order valence-corrected chi connectivity index (χ1v) is 7.76. The van der Waals surface area contributed by atoms with Crippen LogP contribution in [0.5, 0.6) is 0 Å². The number of carboxylic acids is 1. The number of nitrogens with zero attached hydrogens (tertiary/aromatic N) is 5. The largest absolute Gasteiger partial charge is 0.478 e. The van der Waals surface area contributed by atoms with E-state index >= 15 is 0 Å². The van der Waals surface area contributed by atoms with Crippen molar-refractivity contribution in [2.24, 2.45) is 0 Å². The van der Waals surface area contributed by atoms with Crippen LogP contribution >= 0.6 is 11.8 Å². The Kier molecular flexibility index (Phi) is 2.91. The van der Waals surface area contributed by atoms with Gasteiger partial charge >= 0.3 is 5.97 Å². The van der Waals surface area contributed by atoms with Crippen molar-refractivity contribution >= 4 is 17.7 Å². The summed E-state index contributed by atoms with van der Waals surface area (Å²) in [5, 5.41) is 22.2. The van der Waals surface area contributed by atoms with Gasteiger partial charge in [-0.1, -0.05) is 0 Å². The average Bonchev–Trinajstić information content (AvgIpc) is 3.03. The van der Waals surface area contributed by atoms with Crippen molar-refractivity contribution in [3.8, 4) is 0 Å². The molecule has 1 fully saturated rings. The molecule has 4 rings (SSSR count). The molecule has 21 heavy (non-hydrogen) atoms. The van der Waals surface area contributed by atoms with Gasteiger partial charge in [0, 0.05) is 5.69 Å². The number of hydrogen-bond acceptors (Lipinski definition) is 6. The molecule has 0 amide bonds. The molecule has 2 aliphatic carbocycles. The van der Waals surface area contributed by atoms with E-state index in [4.69, 9.17) is 0 Å². The summed E-state index contributed by atoms with van der Waals surface area (Å²) in [5.41, 5.74) is 2.30. The van der Waals surface area contributed by atoms with Gasteiger partial charge in [0.15, 0.2) is 0 Å². The van der Waals surface area contributed by atoms with Gasteiger partial charge in [-0.15, -0.1) is 5.10 Å². The Morgan fingerprint density at radius 3 is 3.00 bits per heavy atom. The Bertz CT molecular complexity index is 725. The van der Waals surface area contributed by atoms with E-state index in [-0.39, 0.29) is 5.56 Å². The summed E-state index contributed by atoms with van der Waals surface area (Å²) in [7, 11) is 0. The summed E-state index contributed by atoms with van der Waals surface area (Å²) in [6.45, 7) is 0. The maximum atomic E-state index is 11.5. The van der Waals surface area contributed by atoms with Crippen LogP contribution in [0, 0.1) is 0 Å². The molecule has 0 atom stereocenters. The minimum absolute atomic E-state index is 0.242. The molecule has 2 heterocycles. The SMILES string of the molecule is O=C(O)c1cc2c(nc1Sc1nnnn1C1CC1)CCC2. The van der Waals surface area contributed by atoms with Gasteiger partial charge in [-0.2, -0.15) is 0 Å². The van der Waals surface area contributed by atoms with Crippen LogP contribution in [-0.2, 0) is 12.8 Å². The van der Waals surface area contributed by atoms with E-state index < -0.39 is 5.97 Å². The van der Waals surface area contributed by atoms with Gasteiger partial charge in [0.2, 0.25) is 5.16 Å². The molecule has 0 aromatic carbocycles. The van der Waals surface area contributed by atoms with Crippen molar-refractivity contribution < 1.29 is 9.90 Å². The zero-order chi connectivity index (χ0) is 14.4. The van der Waals surface area contributed by atoms with E-state index in [9.17, 15) is 9.90 Å². The number of carboxylic acid groups (broad SMARTS) is 1. The number of pyridine rings is 1. The summed E-state index contributed by atoms with van der Waals surface area (Å²) in [4.78, 5) is 16.0. The Balaban J connectivity index is 1.73. The van der Waals surface area contributed by atoms with Crippen LogP contribution in [0.15, 0.2) is 16.2 Å². The first-order valence-electron chi connectivity index (χ1n) is 6.94. The summed E-state index contributed by atoms with van der Waals surface area (Å²) in [6, 6.07) is 2.11. The molecule has 1 saturated carbocycles. The number of fused-ring (bicyclic) bond motifs is 1. The normalized spacial score (nSPS) is 17.0. The number of aromatic carboxylic acids is 1. The second kappa shape index (κ2) is 4.80. The van der Waals surface area contributed by atoms with Crippen LogP contribution in [0.25, 0.3) is 0 Å². The molecule has 0 aliphatic heterocycles. The second-order valence-electron chi connectivity index (χ2n) is 5.34. The fraction of sp³-hybridized carbons (Fsp3) is 0.462. The monoisotopic (exact) mass is 303 g/mol. The van der Waals surface area contributed by atoms with Gasteiger partial charge in [0.05, 0.1) is 11.6 Å². The fourth-order valence-corrected chi connectivity index (χ4v) is 3.51. The van der Waals surface area contributed by atoms with Crippen molar-refractivity contribution in [1.82, 2.24) is 25.2 Å². The number of aromatic nitrogens is 5. The number of carbonyl (C=O) groups is 1. The number of hydrogen-bond donors (Lipinski definition) is 1. The first kappa shape index (κ1) is 12.8. The lowest BCUT2D eigenvalue weighted by molar-refractivity contribution is 0.0692. The molecule has 0 spiro atoms. The highest BCUT2D eigenvalue weighted by Crippen LogP contribution is 2.38. The van der Waals surface area contributed by atoms with E-state index in [1.54, 1.807) is 10.7 Å². The molecule has 8 heteroatoms. The van der Waals surface area contributed by atoms with Gasteiger partial charge < -0.3 is 5.11 Å². The van der Waals surface area contributed by atoms with Gasteiger partial charge in [0.25, 0.3) is 0 Å². The number of tetrazole rings is 1. The summed E-state index contributed by atoms with van der Waals surface area (Å²) in [5.74, 6) is -0.954. The topological polar surface area (TPSA) is 93.8 Å². The summed E-state index contributed by atoms with van der Waals surface area (Å²) >= 11 is 1.25. The van der Waals surface area contributed by atoms with Gasteiger partial charge in [-0.25, -0.2) is 14.5 Å². The molecule has 2 aromatic heterocycles. The predicted octanol–water partition coefficient (Wildman–Crippen LogP) is 1.74. The second-order valence-corrected chi connectivity index (χ2v) is 6.30. The van der Waals surface area contributed by atoms with Crippen LogP contribution in [-0.4, -0.2) is 36.3 Å². The third-order valence-corrected chi connectivity index (χ3v) is 4.75. The highest BCUT2D eigenvalue weighted by Gasteiger charge is 2.29. The molecule has 2 aromatic rings. The predicted molar refractivity (Wildman–Crippen MR) is 73.4 cm³/mol. The molecule has 2 aliphatic rings. The number of aryl methyl sites for hydroxylation is 2. The van der Waals surface area contributed by atoms with Crippen molar-refractivity contribution in [3.63, 3.8) is 0 Å². The first-order chi connectivity index (χ1) is 10.2. The third-order valence-electron chi connectivity index (χ3n) is 3.79. The molecule has 0 saturated heterocycles. The molecule has 1 N–H and O–H groups in total. The molecular weight excluding hydrogens is 290 g/mol. The van der Waals surface area contributed by atoms with Crippen LogP contribution in [0.3, 0.4) is 0 Å². The van der Waals surface area contributed by atoms with Crippen LogP contribution in [0.1, 0.15) is 46.9 Å². The third kappa shape index (κ3) is 2.29. The lowest BCUT2D eigenvalue weighted by Gasteiger charge is -2.08. The zero-order valence-electron chi connectivity index (χ0n) is 11.2. The maximum absolute atomic E-state index is 11.5. The van der Waals surface area contributed by atoms with Gasteiger partial charge in [0.1, 0.15) is 5.03 Å². The van der Waals surface area contributed by atoms with Crippen molar-refractivity contribution in [2.45, 2.75) is 48.3 Å². The van der Waals surface area contributed by atoms with E-state index in [0.29, 0.717) is 16.2 Å². The Labute approximate surface area is 124 Å². The molecule has 0 unspecified atom stereocenters. The van der Waals surface area contributed by atoms with E-state index in [2.05, 4.69) is 20.5 Å². The standard InChI is InChI=1S/C13H13N5O2S/c19-12(20)9-6-7-2-1-3-10(7)14-11(9)21-13-15-16-17-18(13)8-4-5-8/h6,8H,1-5H2,(H,19,20). The maximum Gasteiger partial charge on any atom is 0.338 e. The van der Waals surface area contributed by atoms with Crippen LogP contribution in [0.2, 0.25) is 0 Å². The minimum atomic E-state index is -0.954. The Hall–Kier alpha value is -1.96. The lowest BCUT2D eigenvalue weighted by Crippen LogP contribution is -2.05. The summed E-state index contributed by atoms with van der Waals surface area (Å²) < 4.78 is 1.77. The quantitative estimate of drug-likeness (QED) is 0.919. The van der Waals surface area contributed by atoms with Crippen LogP contribution in [0.4, 0.5) is 0 Å². The molecule has 108 valence electrons. The Morgan fingerprint density at radius 1 is 1.38 bits per heavy atom. The highest BCUT2D eigenvalue weighted by atomic mass is 32.2.